The molecule has 2 rings (SSSR count). The Balaban J connectivity index is 2.36. The largest absolute Gasteiger partial charge is 0.316 e. The van der Waals surface area contributed by atoms with E-state index in [1.54, 1.807) is 0 Å². The van der Waals surface area contributed by atoms with Crippen molar-refractivity contribution in [2.75, 3.05) is 11.4 Å². The van der Waals surface area contributed by atoms with Crippen LogP contribution in [0.1, 0.15) is 38.8 Å². The average molecular weight is 268 g/mol. The number of rotatable bonds is 2. The van der Waals surface area contributed by atoms with Crippen LogP contribution in [0.25, 0.3) is 0 Å². The molecule has 5 heteroatoms. The monoisotopic (exact) mass is 268 g/mol. The van der Waals surface area contributed by atoms with Gasteiger partial charge in [0.05, 0.1) is 5.69 Å². The second kappa shape index (κ2) is 4.56. The maximum atomic E-state index is 13.7. The van der Waals surface area contributed by atoms with Gasteiger partial charge in [-0.25, -0.2) is 8.78 Å². The van der Waals surface area contributed by atoms with Gasteiger partial charge in [-0.2, -0.15) is 0 Å². The number of hydrogen-bond donors (Lipinski definition) is 1. The summed E-state index contributed by atoms with van der Waals surface area (Å²) < 4.78 is 27.0. The minimum atomic E-state index is -1.03. The Kier molecular flexibility index (Phi) is 3.34. The van der Waals surface area contributed by atoms with E-state index in [9.17, 15) is 13.6 Å². The topological polar surface area (TPSA) is 46.3 Å². The molecule has 0 saturated carbocycles. The van der Waals surface area contributed by atoms with Gasteiger partial charge in [0.2, 0.25) is 5.91 Å². The van der Waals surface area contributed by atoms with Crippen LogP contribution in [0.3, 0.4) is 0 Å². The predicted octanol–water partition coefficient (Wildman–Crippen LogP) is 2.75. The summed E-state index contributed by atoms with van der Waals surface area (Å²) in [4.78, 5) is 13.4. The van der Waals surface area contributed by atoms with E-state index in [1.165, 1.54) is 11.0 Å². The van der Waals surface area contributed by atoms with Crippen LogP contribution in [0.2, 0.25) is 0 Å². The quantitative estimate of drug-likeness (QED) is 0.896. The second-order valence-electron chi connectivity index (χ2n) is 6.10. The molecule has 0 aliphatic carbocycles. The summed E-state index contributed by atoms with van der Waals surface area (Å²) >= 11 is 0. The number of amides is 1. The number of fused-ring (bicyclic) bond motifs is 1. The highest BCUT2D eigenvalue weighted by atomic mass is 19.1. The Morgan fingerprint density at radius 3 is 2.53 bits per heavy atom. The molecule has 0 radical (unpaired) electrons. The van der Waals surface area contributed by atoms with Crippen LogP contribution in [-0.4, -0.2) is 12.5 Å². The lowest BCUT2D eigenvalue weighted by Crippen LogP contribution is -2.34. The summed E-state index contributed by atoms with van der Waals surface area (Å²) in [5, 5.41) is 0. The van der Waals surface area contributed by atoms with Crippen molar-refractivity contribution in [1.29, 1.82) is 0 Å². The number of nitrogens with zero attached hydrogens (tertiary/aromatic N) is 1. The van der Waals surface area contributed by atoms with Gasteiger partial charge in [-0.05, 0) is 17.9 Å². The minimum absolute atomic E-state index is 0.0268. The molecule has 1 aromatic carbocycles. The van der Waals surface area contributed by atoms with Gasteiger partial charge in [0.15, 0.2) is 0 Å². The first-order valence-electron chi connectivity index (χ1n) is 6.26. The number of hydrogen-bond acceptors (Lipinski definition) is 2. The average Bonchev–Trinajstić information content (AvgIpc) is 2.48. The van der Waals surface area contributed by atoms with E-state index in [-0.39, 0.29) is 22.6 Å². The van der Waals surface area contributed by atoms with Crippen LogP contribution in [-0.2, 0) is 4.79 Å². The molecule has 1 amide bonds. The van der Waals surface area contributed by atoms with E-state index >= 15 is 0 Å². The summed E-state index contributed by atoms with van der Waals surface area (Å²) in [5.74, 6) is -1.82. The molecule has 0 saturated heterocycles. The lowest BCUT2D eigenvalue weighted by atomic mass is 9.92. The third-order valence-corrected chi connectivity index (χ3v) is 3.29. The van der Waals surface area contributed by atoms with E-state index in [0.29, 0.717) is 6.54 Å². The number of anilines is 1. The first-order chi connectivity index (χ1) is 8.70. The molecule has 1 aliphatic heterocycles. The summed E-state index contributed by atoms with van der Waals surface area (Å²) in [5.41, 5.74) is 6.10. The Hall–Kier alpha value is -1.49. The van der Waals surface area contributed by atoms with Crippen molar-refractivity contribution in [2.24, 2.45) is 11.1 Å². The summed E-state index contributed by atoms with van der Waals surface area (Å²) in [6.07, 6.45) is 0.725. The standard InChI is InChI=1S/C14H18F2N2O/c1-14(2,3)4-5-18-10-7-8(15)6-9(16)11(10)12(17)13(18)19/h6-7,12H,4-5,17H2,1-3H3. The van der Waals surface area contributed by atoms with Crippen molar-refractivity contribution in [2.45, 2.75) is 33.2 Å². The normalized spacial score (nSPS) is 18.9. The molecule has 19 heavy (non-hydrogen) atoms. The van der Waals surface area contributed by atoms with Crippen molar-refractivity contribution in [3.8, 4) is 0 Å². The van der Waals surface area contributed by atoms with E-state index < -0.39 is 17.7 Å². The zero-order valence-electron chi connectivity index (χ0n) is 11.3. The van der Waals surface area contributed by atoms with E-state index in [2.05, 4.69) is 0 Å². The zero-order chi connectivity index (χ0) is 14.4. The van der Waals surface area contributed by atoms with Gasteiger partial charge in [-0.15, -0.1) is 0 Å². The third kappa shape index (κ3) is 2.61. The Bertz CT molecular complexity index is 523. The molecule has 1 unspecified atom stereocenters. The van der Waals surface area contributed by atoms with E-state index in [4.69, 9.17) is 5.73 Å². The molecule has 1 atom stereocenters. The highest BCUT2D eigenvalue weighted by Gasteiger charge is 2.37. The molecule has 0 fully saturated rings. The van der Waals surface area contributed by atoms with Crippen LogP contribution in [0, 0.1) is 17.0 Å². The van der Waals surface area contributed by atoms with Crippen molar-refractivity contribution in [3.05, 3.63) is 29.3 Å². The number of halogens is 2. The Morgan fingerprint density at radius 2 is 1.95 bits per heavy atom. The van der Waals surface area contributed by atoms with Crippen LogP contribution in [0.4, 0.5) is 14.5 Å². The van der Waals surface area contributed by atoms with Gasteiger partial charge in [0, 0.05) is 18.2 Å². The second-order valence-corrected chi connectivity index (χ2v) is 6.10. The number of nitrogens with two attached hydrogens (primary N) is 1. The maximum absolute atomic E-state index is 13.7. The van der Waals surface area contributed by atoms with E-state index in [0.717, 1.165) is 12.5 Å². The zero-order valence-corrected chi connectivity index (χ0v) is 11.3. The molecule has 1 aromatic rings. The Morgan fingerprint density at radius 1 is 1.32 bits per heavy atom. The fourth-order valence-electron chi connectivity index (χ4n) is 2.19. The van der Waals surface area contributed by atoms with Crippen molar-refractivity contribution in [1.82, 2.24) is 0 Å². The van der Waals surface area contributed by atoms with Crippen LogP contribution < -0.4 is 10.6 Å². The fraction of sp³-hybridized carbons (Fsp3) is 0.500. The predicted molar refractivity (Wildman–Crippen MR) is 69.7 cm³/mol. The van der Waals surface area contributed by atoms with Gasteiger partial charge in [-0.1, -0.05) is 20.8 Å². The summed E-state index contributed by atoms with van der Waals surface area (Å²) in [7, 11) is 0. The molecular formula is C14H18F2N2O. The minimum Gasteiger partial charge on any atom is -0.316 e. The van der Waals surface area contributed by atoms with E-state index in [1.807, 2.05) is 20.8 Å². The molecule has 3 nitrogen and oxygen atoms in total. The molecular weight excluding hydrogens is 250 g/mol. The summed E-state index contributed by atoms with van der Waals surface area (Å²) in [6.45, 7) is 6.54. The first-order valence-corrected chi connectivity index (χ1v) is 6.26. The number of carbonyl (C=O) groups excluding carboxylic acids is 1. The number of benzene rings is 1. The summed E-state index contributed by atoms with van der Waals surface area (Å²) in [6, 6.07) is 0.904. The van der Waals surface area contributed by atoms with Crippen molar-refractivity contribution >= 4 is 11.6 Å². The van der Waals surface area contributed by atoms with Crippen LogP contribution in [0.15, 0.2) is 12.1 Å². The maximum Gasteiger partial charge on any atom is 0.248 e. The smallest absolute Gasteiger partial charge is 0.248 e. The molecule has 104 valence electrons. The SMILES string of the molecule is CC(C)(C)CCN1C(=O)C(N)c2c(F)cc(F)cc21. The lowest BCUT2D eigenvalue weighted by molar-refractivity contribution is -0.119. The highest BCUT2D eigenvalue weighted by molar-refractivity contribution is 6.04. The number of carbonyl (C=O) groups is 1. The molecule has 1 heterocycles. The molecule has 2 N–H and O–H groups in total. The molecule has 1 aliphatic rings. The Labute approximate surface area is 111 Å². The highest BCUT2D eigenvalue weighted by Crippen LogP contribution is 2.37. The van der Waals surface area contributed by atoms with Gasteiger partial charge in [-0.3, -0.25) is 4.79 Å². The van der Waals surface area contributed by atoms with Gasteiger partial charge < -0.3 is 10.6 Å². The van der Waals surface area contributed by atoms with Gasteiger partial charge >= 0.3 is 0 Å². The lowest BCUT2D eigenvalue weighted by Gasteiger charge is -2.24. The van der Waals surface area contributed by atoms with Crippen molar-refractivity contribution < 1.29 is 13.6 Å². The molecule has 0 aromatic heterocycles. The van der Waals surface area contributed by atoms with Crippen molar-refractivity contribution in [3.63, 3.8) is 0 Å². The van der Waals surface area contributed by atoms with Crippen LogP contribution >= 0.6 is 0 Å². The molecule has 0 spiro atoms. The van der Waals surface area contributed by atoms with Crippen LogP contribution in [0.5, 0.6) is 0 Å². The van der Waals surface area contributed by atoms with Gasteiger partial charge in [0.25, 0.3) is 0 Å². The molecule has 0 bridgehead atoms. The third-order valence-electron chi connectivity index (χ3n) is 3.29. The van der Waals surface area contributed by atoms with Gasteiger partial charge in [0.1, 0.15) is 17.7 Å². The fourth-order valence-corrected chi connectivity index (χ4v) is 2.19. The first kappa shape index (κ1) is 13.9.